The summed E-state index contributed by atoms with van der Waals surface area (Å²) in [5.74, 6) is 0. The summed E-state index contributed by atoms with van der Waals surface area (Å²) < 4.78 is 7.08. The lowest BCUT2D eigenvalue weighted by Gasteiger charge is -2.24. The minimum atomic E-state index is -0.521. The Labute approximate surface area is 121 Å². The molecule has 20 heavy (non-hydrogen) atoms. The van der Waals surface area contributed by atoms with Gasteiger partial charge >= 0.3 is 6.09 Å². The molecule has 0 fully saturated rings. The second-order valence-corrected chi connectivity index (χ2v) is 6.10. The molecular formula is C13H15ClN4O2. The van der Waals surface area contributed by atoms with Crippen molar-refractivity contribution in [2.45, 2.75) is 32.8 Å². The number of rotatable bonds is 0. The maximum absolute atomic E-state index is 12.2. The fourth-order valence-corrected chi connectivity index (χ4v) is 2.42. The number of anilines is 1. The summed E-state index contributed by atoms with van der Waals surface area (Å²) in [5, 5.41) is 4.58. The summed E-state index contributed by atoms with van der Waals surface area (Å²) in [6.07, 6.45) is 2.00. The molecule has 2 aromatic rings. The van der Waals surface area contributed by atoms with Crippen LogP contribution in [0.4, 0.5) is 10.5 Å². The van der Waals surface area contributed by atoms with E-state index in [0.29, 0.717) is 23.8 Å². The number of aromatic nitrogens is 3. The van der Waals surface area contributed by atoms with Crippen molar-refractivity contribution >= 4 is 29.0 Å². The van der Waals surface area contributed by atoms with Crippen molar-refractivity contribution in [1.82, 2.24) is 14.6 Å². The molecule has 3 heterocycles. The SMILES string of the molecule is CC(C)(C)OC(=O)N1CCc2c1cnc1cc(Cl)nn21. The Morgan fingerprint density at radius 3 is 2.90 bits per heavy atom. The largest absolute Gasteiger partial charge is 0.443 e. The van der Waals surface area contributed by atoms with Crippen LogP contribution in [0.5, 0.6) is 0 Å². The first-order chi connectivity index (χ1) is 9.35. The smallest absolute Gasteiger partial charge is 0.414 e. The minimum Gasteiger partial charge on any atom is -0.443 e. The van der Waals surface area contributed by atoms with Gasteiger partial charge in [0.25, 0.3) is 0 Å². The van der Waals surface area contributed by atoms with Crippen molar-refractivity contribution in [2.75, 3.05) is 11.4 Å². The van der Waals surface area contributed by atoms with E-state index in [-0.39, 0.29) is 6.09 Å². The molecule has 6 nitrogen and oxygen atoms in total. The number of carbonyl (C=O) groups is 1. The van der Waals surface area contributed by atoms with Gasteiger partial charge in [-0.2, -0.15) is 5.10 Å². The van der Waals surface area contributed by atoms with Crippen molar-refractivity contribution < 1.29 is 9.53 Å². The summed E-state index contributed by atoms with van der Waals surface area (Å²) in [5.41, 5.74) is 1.81. The van der Waals surface area contributed by atoms with E-state index in [1.54, 1.807) is 21.7 Å². The number of halogens is 1. The maximum Gasteiger partial charge on any atom is 0.414 e. The predicted molar refractivity (Wildman–Crippen MR) is 75.3 cm³/mol. The van der Waals surface area contributed by atoms with Gasteiger partial charge in [0.1, 0.15) is 5.60 Å². The Morgan fingerprint density at radius 1 is 1.45 bits per heavy atom. The fourth-order valence-electron chi connectivity index (χ4n) is 2.25. The van der Waals surface area contributed by atoms with Gasteiger partial charge in [-0.25, -0.2) is 14.3 Å². The molecule has 0 N–H and O–H groups in total. The summed E-state index contributed by atoms with van der Waals surface area (Å²) in [4.78, 5) is 18.0. The zero-order valence-electron chi connectivity index (χ0n) is 11.6. The molecule has 0 bridgehead atoms. The topological polar surface area (TPSA) is 59.7 Å². The van der Waals surface area contributed by atoms with E-state index >= 15 is 0 Å². The van der Waals surface area contributed by atoms with Crippen molar-refractivity contribution in [3.05, 3.63) is 23.1 Å². The molecule has 1 aliphatic rings. The number of fused-ring (bicyclic) bond motifs is 3. The second kappa shape index (κ2) is 4.34. The van der Waals surface area contributed by atoms with Crippen molar-refractivity contribution in [2.24, 2.45) is 0 Å². The lowest BCUT2D eigenvalue weighted by molar-refractivity contribution is 0.0584. The molecule has 0 saturated heterocycles. The number of amides is 1. The van der Waals surface area contributed by atoms with E-state index < -0.39 is 5.60 Å². The van der Waals surface area contributed by atoms with E-state index in [9.17, 15) is 4.79 Å². The quantitative estimate of drug-likeness (QED) is 0.749. The number of carbonyl (C=O) groups excluding carboxylic acids is 1. The normalized spacial score (nSPS) is 14.7. The van der Waals surface area contributed by atoms with Crippen LogP contribution in [0.2, 0.25) is 5.15 Å². The third kappa shape index (κ3) is 2.20. The highest BCUT2D eigenvalue weighted by Gasteiger charge is 2.31. The first kappa shape index (κ1) is 13.2. The van der Waals surface area contributed by atoms with Gasteiger partial charge in [-0.3, -0.25) is 4.90 Å². The average molecular weight is 295 g/mol. The van der Waals surface area contributed by atoms with E-state index in [1.165, 1.54) is 0 Å². The highest BCUT2D eigenvalue weighted by Crippen LogP contribution is 2.29. The number of nitrogens with zero attached hydrogens (tertiary/aromatic N) is 4. The molecule has 1 aliphatic heterocycles. The van der Waals surface area contributed by atoms with E-state index in [4.69, 9.17) is 16.3 Å². The molecule has 0 spiro atoms. The zero-order valence-corrected chi connectivity index (χ0v) is 12.3. The van der Waals surface area contributed by atoms with Gasteiger partial charge in [-0.05, 0) is 20.8 Å². The molecule has 0 atom stereocenters. The molecule has 0 aliphatic carbocycles. The molecule has 0 unspecified atom stereocenters. The van der Waals surface area contributed by atoms with Gasteiger partial charge in [-0.1, -0.05) is 11.6 Å². The molecule has 106 valence electrons. The second-order valence-electron chi connectivity index (χ2n) is 5.71. The van der Waals surface area contributed by atoms with Gasteiger partial charge in [0.2, 0.25) is 0 Å². The Balaban J connectivity index is 1.98. The van der Waals surface area contributed by atoms with Crippen LogP contribution in [-0.4, -0.2) is 32.8 Å². The predicted octanol–water partition coefficient (Wildman–Crippen LogP) is 2.68. The fraction of sp³-hybridized carbons (Fsp3) is 0.462. The average Bonchev–Trinajstić information content (AvgIpc) is 2.87. The monoisotopic (exact) mass is 294 g/mol. The molecule has 0 aromatic carbocycles. The minimum absolute atomic E-state index is 0.365. The number of hydrogen-bond donors (Lipinski definition) is 0. The molecule has 7 heteroatoms. The molecule has 0 saturated carbocycles. The molecule has 0 radical (unpaired) electrons. The maximum atomic E-state index is 12.2. The Hall–Kier alpha value is -1.82. The summed E-state index contributed by atoms with van der Waals surface area (Å²) >= 11 is 5.89. The number of ether oxygens (including phenoxy) is 1. The van der Waals surface area contributed by atoms with E-state index in [1.807, 2.05) is 20.8 Å². The van der Waals surface area contributed by atoms with Gasteiger partial charge in [0.05, 0.1) is 17.6 Å². The third-order valence-electron chi connectivity index (χ3n) is 3.01. The lowest BCUT2D eigenvalue weighted by Crippen LogP contribution is -2.35. The van der Waals surface area contributed by atoms with E-state index in [0.717, 1.165) is 11.4 Å². The summed E-state index contributed by atoms with van der Waals surface area (Å²) in [6.45, 7) is 6.09. The Kier molecular flexibility index (Phi) is 2.86. The standard InChI is InChI=1S/C13H15ClN4O2/c1-13(2,3)20-12(19)17-5-4-8-9(17)7-15-11-6-10(14)16-18(8)11/h6-7H,4-5H2,1-3H3. The van der Waals surface area contributed by atoms with Gasteiger partial charge < -0.3 is 4.74 Å². The van der Waals surface area contributed by atoms with Crippen LogP contribution in [0.25, 0.3) is 5.65 Å². The van der Waals surface area contributed by atoms with Crippen LogP contribution in [0.3, 0.4) is 0 Å². The van der Waals surface area contributed by atoms with Crippen molar-refractivity contribution in [1.29, 1.82) is 0 Å². The molecule has 3 rings (SSSR count). The van der Waals surface area contributed by atoms with Gasteiger partial charge in [-0.15, -0.1) is 0 Å². The molecule has 2 aromatic heterocycles. The lowest BCUT2D eigenvalue weighted by atomic mass is 10.2. The van der Waals surface area contributed by atoms with Crippen molar-refractivity contribution in [3.8, 4) is 0 Å². The van der Waals surface area contributed by atoms with Gasteiger partial charge in [0, 0.05) is 19.0 Å². The first-order valence-electron chi connectivity index (χ1n) is 6.39. The summed E-state index contributed by atoms with van der Waals surface area (Å²) in [7, 11) is 0. The van der Waals surface area contributed by atoms with Crippen LogP contribution in [0.1, 0.15) is 26.5 Å². The van der Waals surface area contributed by atoms with Crippen LogP contribution in [0, 0.1) is 0 Å². The van der Waals surface area contributed by atoms with E-state index in [2.05, 4.69) is 10.1 Å². The Bertz CT molecular complexity index is 689. The third-order valence-corrected chi connectivity index (χ3v) is 3.19. The molecular weight excluding hydrogens is 280 g/mol. The van der Waals surface area contributed by atoms with Crippen LogP contribution >= 0.6 is 11.6 Å². The first-order valence-corrected chi connectivity index (χ1v) is 6.76. The molecule has 1 amide bonds. The highest BCUT2D eigenvalue weighted by molar-refractivity contribution is 6.29. The van der Waals surface area contributed by atoms with Crippen molar-refractivity contribution in [3.63, 3.8) is 0 Å². The summed E-state index contributed by atoms with van der Waals surface area (Å²) in [6, 6.07) is 1.69. The highest BCUT2D eigenvalue weighted by atomic mass is 35.5. The van der Waals surface area contributed by atoms with Gasteiger partial charge in [0.15, 0.2) is 10.8 Å². The van der Waals surface area contributed by atoms with Crippen LogP contribution < -0.4 is 4.90 Å². The van der Waals surface area contributed by atoms with Crippen LogP contribution in [0.15, 0.2) is 12.3 Å². The Morgan fingerprint density at radius 2 is 2.20 bits per heavy atom. The number of hydrogen-bond acceptors (Lipinski definition) is 4. The zero-order chi connectivity index (χ0) is 14.5. The van der Waals surface area contributed by atoms with Crippen LogP contribution in [-0.2, 0) is 11.2 Å².